The summed E-state index contributed by atoms with van der Waals surface area (Å²) in [5.41, 5.74) is 0. The van der Waals surface area contributed by atoms with Crippen molar-refractivity contribution in [3.63, 3.8) is 0 Å². The molecule has 0 aromatic heterocycles. The minimum Gasteiger partial charge on any atom is -0.437 e. The van der Waals surface area contributed by atoms with E-state index in [0.717, 1.165) is 7.48 Å². The zero-order valence-electron chi connectivity index (χ0n) is 5.80. The molecule has 0 fully saturated rings. The van der Waals surface area contributed by atoms with Crippen molar-refractivity contribution >= 4 is 7.48 Å². The van der Waals surface area contributed by atoms with Gasteiger partial charge in [-0.05, 0) is 0 Å². The van der Waals surface area contributed by atoms with Gasteiger partial charge in [-0.2, -0.15) is 0 Å². The van der Waals surface area contributed by atoms with Gasteiger partial charge in [0.25, 0.3) is 7.48 Å². The van der Waals surface area contributed by atoms with Gasteiger partial charge in [-0.25, -0.2) is 0 Å². The molecule has 0 saturated carbocycles. The van der Waals surface area contributed by atoms with Crippen LogP contribution in [0.2, 0.25) is 6.82 Å². The van der Waals surface area contributed by atoms with Gasteiger partial charge in [0.2, 0.25) is 0 Å². The Hall–Kier alpha value is -0.0551. The molecule has 0 aliphatic rings. The van der Waals surface area contributed by atoms with E-state index in [1.165, 1.54) is 0 Å². The van der Waals surface area contributed by atoms with Crippen molar-refractivity contribution < 1.29 is 14.5 Å². The number of hydrogen-bond donors (Lipinski definition) is 1. The Morgan fingerprint density at radius 2 is 2.11 bits per heavy atom. The number of aliphatic hydroxyl groups excluding tert-OH is 1. The summed E-state index contributed by atoms with van der Waals surface area (Å²) < 4.78 is 9.88. The molecule has 0 amide bonds. The molecule has 54 valence electrons. The molecule has 4 heteroatoms. The zero-order valence-corrected chi connectivity index (χ0v) is 5.80. The van der Waals surface area contributed by atoms with Crippen molar-refractivity contribution in [2.45, 2.75) is 6.82 Å². The molecule has 3 nitrogen and oxygen atoms in total. The van der Waals surface area contributed by atoms with Gasteiger partial charge < -0.3 is 14.5 Å². The van der Waals surface area contributed by atoms with Crippen molar-refractivity contribution in [1.29, 1.82) is 0 Å². The van der Waals surface area contributed by atoms with Gasteiger partial charge in [0.1, 0.15) is 0 Å². The summed E-state index contributed by atoms with van der Waals surface area (Å²) in [6, 6.07) is 0. The number of rotatable bonds is 6. The molecule has 0 saturated heterocycles. The average Bonchev–Trinajstić information content (AvgIpc) is 1.89. The van der Waals surface area contributed by atoms with Crippen LogP contribution in [-0.2, 0) is 9.39 Å². The summed E-state index contributed by atoms with van der Waals surface area (Å²) in [6.45, 7) is 3.64. The highest BCUT2D eigenvalue weighted by Crippen LogP contribution is 1.74. The predicted octanol–water partition coefficient (Wildman–Crippen LogP) is -0.589. The lowest BCUT2D eigenvalue weighted by Gasteiger charge is -2.00. The van der Waals surface area contributed by atoms with E-state index < -0.39 is 0 Å². The Balaban J connectivity index is 2.60. The van der Waals surface area contributed by atoms with E-state index in [1.54, 1.807) is 0 Å². The second-order valence-electron chi connectivity index (χ2n) is 1.53. The van der Waals surface area contributed by atoms with Crippen LogP contribution in [0.25, 0.3) is 0 Å². The van der Waals surface area contributed by atoms with Crippen LogP contribution in [-0.4, -0.2) is 39.0 Å². The van der Waals surface area contributed by atoms with Crippen molar-refractivity contribution in [1.82, 2.24) is 0 Å². The predicted molar refractivity (Wildman–Crippen MR) is 36.9 cm³/mol. The minimum atomic E-state index is 0.0894. The van der Waals surface area contributed by atoms with Gasteiger partial charge >= 0.3 is 0 Å². The largest absolute Gasteiger partial charge is 0.437 e. The maximum atomic E-state index is 8.26. The molecule has 0 atom stereocenters. The third kappa shape index (κ3) is 7.94. The Bertz CT molecular complexity index is 45.5. The molecule has 0 unspecified atom stereocenters. The number of hydrogen-bond acceptors (Lipinski definition) is 3. The third-order valence-corrected chi connectivity index (χ3v) is 0.812. The SMILES string of the molecule is CBOCCOCCO. The molecule has 0 aliphatic heterocycles. The molecule has 0 bridgehead atoms. The summed E-state index contributed by atoms with van der Waals surface area (Å²) in [5, 5.41) is 8.26. The smallest absolute Gasteiger partial charge is 0.271 e. The number of ether oxygens (including phenoxy) is 1. The molecular formula is C5H13BO3. The summed E-state index contributed by atoms with van der Waals surface area (Å²) in [4.78, 5) is 0. The zero-order chi connectivity index (χ0) is 6.95. The normalized spacial score (nSPS) is 9.56. The Kier molecular flexibility index (Phi) is 7.90. The first-order chi connectivity index (χ1) is 4.41. The van der Waals surface area contributed by atoms with Gasteiger partial charge in [0.05, 0.1) is 26.4 Å². The van der Waals surface area contributed by atoms with E-state index >= 15 is 0 Å². The fourth-order valence-electron chi connectivity index (χ4n) is 0.429. The van der Waals surface area contributed by atoms with Crippen LogP contribution in [0.3, 0.4) is 0 Å². The fraction of sp³-hybridized carbons (Fsp3) is 1.00. The van der Waals surface area contributed by atoms with Gasteiger partial charge in [-0.15, -0.1) is 0 Å². The third-order valence-electron chi connectivity index (χ3n) is 0.812. The Morgan fingerprint density at radius 3 is 2.67 bits per heavy atom. The maximum absolute atomic E-state index is 8.26. The lowest BCUT2D eigenvalue weighted by molar-refractivity contribution is 0.0715. The van der Waals surface area contributed by atoms with Crippen LogP contribution >= 0.6 is 0 Å². The summed E-state index contributed by atoms with van der Waals surface area (Å²) in [7, 11) is 0.725. The van der Waals surface area contributed by atoms with Crippen LogP contribution in [0.1, 0.15) is 0 Å². The van der Waals surface area contributed by atoms with Crippen LogP contribution in [0.4, 0.5) is 0 Å². The summed E-state index contributed by atoms with van der Waals surface area (Å²) in [5.74, 6) is 0. The lowest BCUT2D eigenvalue weighted by atomic mass is 10.1. The monoisotopic (exact) mass is 132 g/mol. The standard InChI is InChI=1S/C5H13BO3/c1-6-9-5-4-8-3-2-7/h6-7H,2-5H2,1H3. The molecule has 0 aliphatic carbocycles. The first-order valence-electron chi connectivity index (χ1n) is 3.18. The maximum Gasteiger partial charge on any atom is 0.271 e. The van der Waals surface area contributed by atoms with E-state index in [4.69, 9.17) is 14.5 Å². The van der Waals surface area contributed by atoms with Crippen LogP contribution in [0.15, 0.2) is 0 Å². The molecular weight excluding hydrogens is 119 g/mol. The van der Waals surface area contributed by atoms with Crippen molar-refractivity contribution in [3.8, 4) is 0 Å². The quantitative estimate of drug-likeness (QED) is 0.387. The molecule has 9 heavy (non-hydrogen) atoms. The van der Waals surface area contributed by atoms with E-state index in [1.807, 2.05) is 6.82 Å². The first-order valence-corrected chi connectivity index (χ1v) is 3.18. The fourth-order valence-corrected chi connectivity index (χ4v) is 0.429. The van der Waals surface area contributed by atoms with Crippen LogP contribution in [0.5, 0.6) is 0 Å². The van der Waals surface area contributed by atoms with Crippen LogP contribution in [0, 0.1) is 0 Å². The first kappa shape index (κ1) is 8.94. The summed E-state index contributed by atoms with van der Waals surface area (Å²) in [6.07, 6.45) is 0. The molecule has 0 spiro atoms. The Labute approximate surface area is 56.2 Å². The molecule has 0 heterocycles. The van der Waals surface area contributed by atoms with Gasteiger partial charge in [0, 0.05) is 0 Å². The Morgan fingerprint density at radius 1 is 1.33 bits per heavy atom. The van der Waals surface area contributed by atoms with Gasteiger partial charge in [-0.1, -0.05) is 6.82 Å². The molecule has 0 aromatic carbocycles. The van der Waals surface area contributed by atoms with Crippen molar-refractivity contribution in [2.24, 2.45) is 0 Å². The van der Waals surface area contributed by atoms with Crippen molar-refractivity contribution in [3.05, 3.63) is 0 Å². The second kappa shape index (κ2) is 7.94. The highest BCUT2D eigenvalue weighted by Gasteiger charge is 1.85. The van der Waals surface area contributed by atoms with Gasteiger partial charge in [0.15, 0.2) is 0 Å². The van der Waals surface area contributed by atoms with E-state index in [0.29, 0.717) is 19.8 Å². The average molecular weight is 132 g/mol. The van der Waals surface area contributed by atoms with E-state index in [9.17, 15) is 0 Å². The van der Waals surface area contributed by atoms with Gasteiger partial charge in [-0.3, -0.25) is 0 Å². The minimum absolute atomic E-state index is 0.0894. The number of aliphatic hydroxyl groups is 1. The lowest BCUT2D eigenvalue weighted by Crippen LogP contribution is -2.07. The highest BCUT2D eigenvalue weighted by atomic mass is 16.5. The van der Waals surface area contributed by atoms with Crippen molar-refractivity contribution in [2.75, 3.05) is 26.4 Å². The topological polar surface area (TPSA) is 38.7 Å². The molecule has 1 N–H and O–H groups in total. The molecule has 0 aromatic rings. The second-order valence-corrected chi connectivity index (χ2v) is 1.53. The highest BCUT2D eigenvalue weighted by molar-refractivity contribution is 6.24. The van der Waals surface area contributed by atoms with E-state index in [2.05, 4.69) is 0 Å². The summed E-state index contributed by atoms with van der Waals surface area (Å²) >= 11 is 0. The molecule has 0 radical (unpaired) electrons. The van der Waals surface area contributed by atoms with E-state index in [-0.39, 0.29) is 6.61 Å². The van der Waals surface area contributed by atoms with Crippen LogP contribution < -0.4 is 0 Å². The molecule has 0 rings (SSSR count).